The molecule has 0 unspecified atom stereocenters. The molecule has 1 atom stereocenters. The van der Waals surface area contributed by atoms with Gasteiger partial charge < -0.3 is 9.84 Å². The van der Waals surface area contributed by atoms with Crippen molar-refractivity contribution in [3.05, 3.63) is 36.2 Å². The monoisotopic (exact) mass is 330 g/mol. The molecule has 0 bridgehead atoms. The Bertz CT molecular complexity index is 666. The van der Waals surface area contributed by atoms with Gasteiger partial charge in [0.1, 0.15) is 0 Å². The van der Waals surface area contributed by atoms with Crippen LogP contribution in [-0.4, -0.2) is 63.6 Å². The molecule has 1 aliphatic heterocycles. The Morgan fingerprint density at radius 3 is 2.62 bits per heavy atom. The normalized spacial score (nSPS) is 17.6. The number of aromatic nitrogens is 3. The maximum Gasteiger partial charge on any atom is 0.243 e. The molecule has 1 fully saturated rings. The number of carbonyl (C=O) groups excluding carboxylic acids is 1. The van der Waals surface area contributed by atoms with Crippen molar-refractivity contribution in [2.45, 2.75) is 19.9 Å². The van der Waals surface area contributed by atoms with Gasteiger partial charge in [-0.3, -0.25) is 19.6 Å². The highest BCUT2D eigenvalue weighted by Gasteiger charge is 2.26. The minimum Gasteiger partial charge on any atom is -0.338 e. The fourth-order valence-corrected chi connectivity index (χ4v) is 2.79. The Kier molecular flexibility index (Phi) is 5.17. The molecule has 3 heterocycles. The van der Waals surface area contributed by atoms with Crippen LogP contribution in [0, 0.1) is 6.92 Å². The largest absolute Gasteiger partial charge is 0.338 e. The molecule has 0 spiro atoms. The van der Waals surface area contributed by atoms with Gasteiger partial charge in [-0.05, 0) is 26.0 Å². The minimum absolute atomic E-state index is 0.00442. The summed E-state index contributed by atoms with van der Waals surface area (Å²) >= 11 is 0. The third-order valence-electron chi connectivity index (χ3n) is 4.19. The highest BCUT2D eigenvalue weighted by molar-refractivity contribution is 5.92. The second kappa shape index (κ2) is 7.50. The molecule has 1 aliphatic rings. The molecule has 0 aliphatic carbocycles. The molecule has 0 aromatic carbocycles. The van der Waals surface area contributed by atoms with Crippen molar-refractivity contribution in [2.24, 2.45) is 0 Å². The summed E-state index contributed by atoms with van der Waals surface area (Å²) in [4.78, 5) is 24.8. The molecular formula is C16H22N6O2. The molecule has 3 rings (SSSR count). The molecule has 1 N–H and O–H groups in total. The van der Waals surface area contributed by atoms with Crippen LogP contribution in [0.25, 0.3) is 0 Å². The van der Waals surface area contributed by atoms with E-state index in [4.69, 9.17) is 4.52 Å². The van der Waals surface area contributed by atoms with Gasteiger partial charge in [0.25, 0.3) is 0 Å². The Morgan fingerprint density at radius 1 is 1.29 bits per heavy atom. The van der Waals surface area contributed by atoms with Gasteiger partial charge in [-0.1, -0.05) is 5.16 Å². The standard InChI is InChI=1S/C16H22N6O2/c1-12(16-18-13(2)20-24-16)22-9-7-21(8-10-22)11-15(23)19-14-3-5-17-6-4-14/h3-6,12H,7-11H2,1-2H3,(H,17,19,23)/t12-/m0/s1. The molecular weight excluding hydrogens is 308 g/mol. The van der Waals surface area contributed by atoms with Crippen molar-refractivity contribution >= 4 is 11.6 Å². The predicted octanol–water partition coefficient (Wildman–Crippen LogP) is 1.09. The third-order valence-corrected chi connectivity index (χ3v) is 4.19. The first-order valence-corrected chi connectivity index (χ1v) is 8.08. The van der Waals surface area contributed by atoms with Crippen molar-refractivity contribution in [3.8, 4) is 0 Å². The van der Waals surface area contributed by atoms with Crippen LogP contribution in [0.15, 0.2) is 29.0 Å². The highest BCUT2D eigenvalue weighted by atomic mass is 16.5. The Hall–Kier alpha value is -2.32. The maximum absolute atomic E-state index is 12.1. The van der Waals surface area contributed by atoms with Gasteiger partial charge in [0.15, 0.2) is 5.82 Å². The summed E-state index contributed by atoms with van der Waals surface area (Å²) < 4.78 is 5.25. The smallest absolute Gasteiger partial charge is 0.243 e. The van der Waals surface area contributed by atoms with E-state index >= 15 is 0 Å². The zero-order valence-corrected chi connectivity index (χ0v) is 14.0. The van der Waals surface area contributed by atoms with E-state index < -0.39 is 0 Å². The van der Waals surface area contributed by atoms with E-state index in [0.29, 0.717) is 18.3 Å². The summed E-state index contributed by atoms with van der Waals surface area (Å²) in [6.45, 7) is 7.68. The van der Waals surface area contributed by atoms with E-state index in [1.807, 2.05) is 6.92 Å². The number of amides is 1. The lowest BCUT2D eigenvalue weighted by molar-refractivity contribution is -0.117. The summed E-state index contributed by atoms with van der Waals surface area (Å²) in [5.41, 5.74) is 0.772. The van der Waals surface area contributed by atoms with Crippen LogP contribution in [0.1, 0.15) is 24.7 Å². The van der Waals surface area contributed by atoms with Crippen molar-refractivity contribution in [1.29, 1.82) is 0 Å². The van der Waals surface area contributed by atoms with Crippen LogP contribution in [0.3, 0.4) is 0 Å². The van der Waals surface area contributed by atoms with Crippen molar-refractivity contribution in [2.75, 3.05) is 38.0 Å². The van der Waals surface area contributed by atoms with Gasteiger partial charge >= 0.3 is 0 Å². The van der Waals surface area contributed by atoms with Crippen molar-refractivity contribution < 1.29 is 9.32 Å². The summed E-state index contributed by atoms with van der Waals surface area (Å²) in [6, 6.07) is 3.66. The Labute approximate surface area is 140 Å². The number of aryl methyl sites for hydroxylation is 1. The number of pyridine rings is 1. The number of nitrogens with zero attached hydrogens (tertiary/aromatic N) is 5. The number of piperazine rings is 1. The van der Waals surface area contributed by atoms with E-state index in [9.17, 15) is 4.79 Å². The molecule has 1 saturated heterocycles. The maximum atomic E-state index is 12.1. The fourth-order valence-electron chi connectivity index (χ4n) is 2.79. The van der Waals surface area contributed by atoms with E-state index in [-0.39, 0.29) is 11.9 Å². The second-order valence-electron chi connectivity index (χ2n) is 5.95. The molecule has 0 saturated carbocycles. The average molecular weight is 330 g/mol. The Balaban J connectivity index is 1.46. The number of rotatable bonds is 5. The fraction of sp³-hybridized carbons (Fsp3) is 0.500. The summed E-state index contributed by atoms with van der Waals surface area (Å²) in [7, 11) is 0. The van der Waals surface area contributed by atoms with Gasteiger partial charge in [0.2, 0.25) is 11.8 Å². The molecule has 0 radical (unpaired) electrons. The van der Waals surface area contributed by atoms with Gasteiger partial charge in [-0.15, -0.1) is 0 Å². The number of hydrogen-bond donors (Lipinski definition) is 1. The predicted molar refractivity (Wildman–Crippen MR) is 88.3 cm³/mol. The SMILES string of the molecule is Cc1noc([C@H](C)N2CCN(CC(=O)Nc3ccncc3)CC2)n1. The highest BCUT2D eigenvalue weighted by Crippen LogP contribution is 2.19. The van der Waals surface area contributed by atoms with Gasteiger partial charge in [0.05, 0.1) is 12.6 Å². The van der Waals surface area contributed by atoms with Crippen molar-refractivity contribution in [1.82, 2.24) is 24.9 Å². The van der Waals surface area contributed by atoms with Crippen LogP contribution >= 0.6 is 0 Å². The molecule has 128 valence electrons. The first-order valence-electron chi connectivity index (χ1n) is 8.08. The van der Waals surface area contributed by atoms with Crippen LogP contribution in [0.2, 0.25) is 0 Å². The number of nitrogens with one attached hydrogen (secondary N) is 1. The second-order valence-corrected chi connectivity index (χ2v) is 5.95. The molecule has 24 heavy (non-hydrogen) atoms. The number of carbonyl (C=O) groups is 1. The third kappa shape index (κ3) is 4.15. The van der Waals surface area contributed by atoms with Crippen molar-refractivity contribution in [3.63, 3.8) is 0 Å². The molecule has 1 amide bonds. The van der Waals surface area contributed by atoms with Crippen LogP contribution in [0.5, 0.6) is 0 Å². The number of hydrogen-bond acceptors (Lipinski definition) is 7. The summed E-state index contributed by atoms with van der Waals surface area (Å²) in [6.07, 6.45) is 3.32. The van der Waals surface area contributed by atoms with Crippen LogP contribution < -0.4 is 5.32 Å². The minimum atomic E-state index is -0.00442. The molecule has 8 heteroatoms. The van der Waals surface area contributed by atoms with Gasteiger partial charge in [0, 0.05) is 44.3 Å². The first-order chi connectivity index (χ1) is 11.6. The Morgan fingerprint density at radius 2 is 2.00 bits per heavy atom. The lowest BCUT2D eigenvalue weighted by Gasteiger charge is -2.36. The lowest BCUT2D eigenvalue weighted by atomic mass is 10.2. The molecule has 2 aromatic heterocycles. The van der Waals surface area contributed by atoms with E-state index in [1.165, 1.54) is 0 Å². The van der Waals surface area contributed by atoms with Gasteiger partial charge in [-0.2, -0.15) is 4.98 Å². The lowest BCUT2D eigenvalue weighted by Crippen LogP contribution is -2.49. The summed E-state index contributed by atoms with van der Waals surface area (Å²) in [5.74, 6) is 1.30. The zero-order valence-electron chi connectivity index (χ0n) is 14.0. The van der Waals surface area contributed by atoms with E-state index in [0.717, 1.165) is 31.9 Å². The quantitative estimate of drug-likeness (QED) is 0.878. The first kappa shape index (κ1) is 16.5. The van der Waals surface area contributed by atoms with E-state index in [1.54, 1.807) is 24.5 Å². The van der Waals surface area contributed by atoms with Gasteiger partial charge in [-0.25, -0.2) is 0 Å². The van der Waals surface area contributed by atoms with Crippen LogP contribution in [-0.2, 0) is 4.79 Å². The summed E-state index contributed by atoms with van der Waals surface area (Å²) in [5, 5.41) is 6.73. The zero-order chi connectivity index (χ0) is 16.9. The topological polar surface area (TPSA) is 87.4 Å². The number of anilines is 1. The van der Waals surface area contributed by atoms with E-state index in [2.05, 4.69) is 37.2 Å². The van der Waals surface area contributed by atoms with Crippen LogP contribution in [0.4, 0.5) is 5.69 Å². The molecule has 2 aromatic rings. The average Bonchev–Trinajstić information content (AvgIpc) is 3.02. The molecule has 8 nitrogen and oxygen atoms in total.